The summed E-state index contributed by atoms with van der Waals surface area (Å²) in [5.41, 5.74) is 6.34. The summed E-state index contributed by atoms with van der Waals surface area (Å²) in [6.45, 7) is 5.26. The second kappa shape index (κ2) is 6.07. The van der Waals surface area contributed by atoms with E-state index in [-0.39, 0.29) is 17.9 Å². The maximum atomic E-state index is 10.7. The van der Waals surface area contributed by atoms with Gasteiger partial charge in [0.05, 0.1) is 6.54 Å². The molecule has 0 saturated heterocycles. The van der Waals surface area contributed by atoms with E-state index >= 15 is 0 Å². The Kier molecular flexibility index (Phi) is 5.02. The maximum Gasteiger partial charge on any atom is 0.231 e. The van der Waals surface area contributed by atoms with Crippen LogP contribution in [0.3, 0.4) is 0 Å². The normalized spacial score (nSPS) is 11.5. The molecule has 0 aliphatic carbocycles. The van der Waals surface area contributed by atoms with Gasteiger partial charge >= 0.3 is 0 Å². The van der Waals surface area contributed by atoms with Crippen molar-refractivity contribution in [3.05, 3.63) is 29.8 Å². The number of nitrogens with two attached hydrogens (primary N) is 1. The number of benzene rings is 1. The first-order valence-electron chi connectivity index (χ1n) is 5.59. The third-order valence-electron chi connectivity index (χ3n) is 2.74. The molecule has 0 unspecified atom stereocenters. The Morgan fingerprint density at radius 1 is 1.35 bits per heavy atom. The zero-order chi connectivity index (χ0) is 12.9. The quantitative estimate of drug-likeness (QED) is 0.759. The smallest absolute Gasteiger partial charge is 0.231 e. The van der Waals surface area contributed by atoms with Gasteiger partial charge in [0, 0.05) is 16.9 Å². The van der Waals surface area contributed by atoms with Gasteiger partial charge in [-0.15, -0.1) is 11.8 Å². The fourth-order valence-electron chi connectivity index (χ4n) is 1.64. The first kappa shape index (κ1) is 14.1. The van der Waals surface area contributed by atoms with Crippen LogP contribution < -0.4 is 11.1 Å². The number of nitrogens with one attached hydrogen (secondary N) is 1. The number of rotatable bonds is 6. The molecule has 0 saturated carbocycles. The molecule has 3 nitrogen and oxygen atoms in total. The summed E-state index contributed by atoms with van der Waals surface area (Å²) in [5.74, 6) is -0.321. The monoisotopic (exact) mass is 252 g/mol. The number of hydrogen-bond acceptors (Lipinski definition) is 3. The number of thioether (sulfide) groups is 1. The highest BCUT2D eigenvalue weighted by atomic mass is 32.2. The minimum absolute atomic E-state index is 0.00755. The molecule has 0 bridgehead atoms. The molecular formula is C13H20N2OS. The van der Waals surface area contributed by atoms with E-state index in [2.05, 4.69) is 49.7 Å². The van der Waals surface area contributed by atoms with Crippen LogP contribution in [-0.2, 0) is 10.2 Å². The van der Waals surface area contributed by atoms with Crippen molar-refractivity contribution in [2.45, 2.75) is 24.2 Å². The van der Waals surface area contributed by atoms with Crippen LogP contribution in [0.2, 0.25) is 0 Å². The van der Waals surface area contributed by atoms with E-state index < -0.39 is 0 Å². The van der Waals surface area contributed by atoms with E-state index in [0.717, 1.165) is 6.54 Å². The maximum absolute atomic E-state index is 10.7. The SMILES string of the molecule is CSc1ccc(C(C)(C)CNCC(N)=O)cc1. The van der Waals surface area contributed by atoms with Gasteiger partial charge < -0.3 is 11.1 Å². The third kappa shape index (κ3) is 4.40. The Hall–Kier alpha value is -1.00. The third-order valence-corrected chi connectivity index (χ3v) is 3.48. The lowest BCUT2D eigenvalue weighted by molar-refractivity contribution is -0.117. The van der Waals surface area contributed by atoms with Gasteiger partial charge in [-0.25, -0.2) is 0 Å². The van der Waals surface area contributed by atoms with E-state index in [4.69, 9.17) is 5.73 Å². The molecule has 0 aromatic heterocycles. The van der Waals surface area contributed by atoms with Crippen LogP contribution in [0.5, 0.6) is 0 Å². The number of carbonyl (C=O) groups excluding carboxylic acids is 1. The molecule has 0 atom stereocenters. The molecule has 17 heavy (non-hydrogen) atoms. The number of carbonyl (C=O) groups is 1. The Balaban J connectivity index is 2.64. The Morgan fingerprint density at radius 3 is 2.41 bits per heavy atom. The van der Waals surface area contributed by atoms with Gasteiger partial charge in [-0.3, -0.25) is 4.79 Å². The minimum Gasteiger partial charge on any atom is -0.369 e. The number of amides is 1. The molecule has 0 spiro atoms. The van der Waals surface area contributed by atoms with E-state index in [1.54, 1.807) is 11.8 Å². The molecule has 1 aromatic carbocycles. The van der Waals surface area contributed by atoms with E-state index in [1.165, 1.54) is 10.5 Å². The molecule has 0 fully saturated rings. The molecule has 3 N–H and O–H groups in total. The van der Waals surface area contributed by atoms with Crippen molar-refractivity contribution in [2.24, 2.45) is 5.73 Å². The minimum atomic E-state index is -0.321. The van der Waals surface area contributed by atoms with Gasteiger partial charge in [-0.2, -0.15) is 0 Å². The molecule has 0 heterocycles. The van der Waals surface area contributed by atoms with Crippen LogP contribution in [0.25, 0.3) is 0 Å². The summed E-state index contributed by atoms with van der Waals surface area (Å²) in [5, 5.41) is 3.07. The fourth-order valence-corrected chi connectivity index (χ4v) is 2.05. The highest BCUT2D eigenvalue weighted by Crippen LogP contribution is 2.24. The largest absolute Gasteiger partial charge is 0.369 e. The summed E-state index contributed by atoms with van der Waals surface area (Å²) in [7, 11) is 0. The van der Waals surface area contributed by atoms with E-state index in [0.29, 0.717) is 0 Å². The lowest BCUT2D eigenvalue weighted by Gasteiger charge is -2.25. The first-order valence-corrected chi connectivity index (χ1v) is 6.82. The molecule has 0 aliphatic rings. The van der Waals surface area contributed by atoms with Crippen LogP contribution >= 0.6 is 11.8 Å². The van der Waals surface area contributed by atoms with Gasteiger partial charge in [-0.05, 0) is 24.0 Å². The van der Waals surface area contributed by atoms with E-state index in [9.17, 15) is 4.79 Å². The van der Waals surface area contributed by atoms with Gasteiger partial charge in [-0.1, -0.05) is 26.0 Å². The first-order chi connectivity index (χ1) is 7.95. The molecular weight excluding hydrogens is 232 g/mol. The predicted molar refractivity (Wildman–Crippen MR) is 73.3 cm³/mol. The van der Waals surface area contributed by atoms with Crippen LogP contribution in [0.1, 0.15) is 19.4 Å². The standard InChI is InChI=1S/C13H20N2OS/c1-13(2,9-15-8-12(14)16)10-4-6-11(17-3)7-5-10/h4-7,15H,8-9H2,1-3H3,(H2,14,16). The Morgan fingerprint density at radius 2 is 1.94 bits per heavy atom. The second-order valence-corrected chi connectivity index (χ2v) is 5.56. The van der Waals surface area contributed by atoms with E-state index in [1.807, 2.05) is 0 Å². The zero-order valence-electron chi connectivity index (χ0n) is 10.6. The average molecular weight is 252 g/mol. The van der Waals surface area contributed by atoms with Crippen molar-refractivity contribution in [3.8, 4) is 0 Å². The van der Waals surface area contributed by atoms with Crippen LogP contribution in [0, 0.1) is 0 Å². The molecule has 0 aliphatic heterocycles. The summed E-state index contributed by atoms with van der Waals surface area (Å²) in [6, 6.07) is 8.52. The van der Waals surface area contributed by atoms with Gasteiger partial charge in [0.1, 0.15) is 0 Å². The van der Waals surface area contributed by atoms with Crippen molar-refractivity contribution < 1.29 is 4.79 Å². The van der Waals surface area contributed by atoms with Crippen molar-refractivity contribution in [3.63, 3.8) is 0 Å². The molecule has 1 rings (SSSR count). The fraction of sp³-hybridized carbons (Fsp3) is 0.462. The van der Waals surface area contributed by atoms with Gasteiger partial charge in [0.15, 0.2) is 0 Å². The van der Waals surface area contributed by atoms with Crippen molar-refractivity contribution in [2.75, 3.05) is 19.3 Å². The number of hydrogen-bond donors (Lipinski definition) is 2. The molecule has 4 heteroatoms. The van der Waals surface area contributed by atoms with Crippen LogP contribution in [0.15, 0.2) is 29.2 Å². The molecule has 1 amide bonds. The Bertz CT molecular complexity index is 374. The highest BCUT2D eigenvalue weighted by molar-refractivity contribution is 7.98. The highest BCUT2D eigenvalue weighted by Gasteiger charge is 2.20. The van der Waals surface area contributed by atoms with Crippen LogP contribution in [0.4, 0.5) is 0 Å². The second-order valence-electron chi connectivity index (χ2n) is 4.68. The summed E-state index contributed by atoms with van der Waals surface area (Å²) in [6.07, 6.45) is 2.06. The lowest BCUT2D eigenvalue weighted by atomic mass is 9.84. The summed E-state index contributed by atoms with van der Waals surface area (Å²) in [4.78, 5) is 11.9. The van der Waals surface area contributed by atoms with Crippen molar-refractivity contribution in [1.29, 1.82) is 0 Å². The van der Waals surface area contributed by atoms with Gasteiger partial charge in [0.25, 0.3) is 0 Å². The topological polar surface area (TPSA) is 55.1 Å². The van der Waals surface area contributed by atoms with Crippen molar-refractivity contribution in [1.82, 2.24) is 5.32 Å². The van der Waals surface area contributed by atoms with Crippen LogP contribution in [-0.4, -0.2) is 25.3 Å². The average Bonchev–Trinajstić information content (AvgIpc) is 2.28. The summed E-state index contributed by atoms with van der Waals surface area (Å²) < 4.78 is 0. The summed E-state index contributed by atoms with van der Waals surface area (Å²) >= 11 is 1.73. The lowest BCUT2D eigenvalue weighted by Crippen LogP contribution is -2.37. The van der Waals surface area contributed by atoms with Gasteiger partial charge in [0.2, 0.25) is 5.91 Å². The van der Waals surface area contributed by atoms with Crippen molar-refractivity contribution >= 4 is 17.7 Å². The molecule has 1 aromatic rings. The predicted octanol–water partition coefficient (Wildman–Crippen LogP) is 1.76. The molecule has 94 valence electrons. The molecule has 0 radical (unpaired) electrons. The Labute approximate surface area is 107 Å². The zero-order valence-corrected chi connectivity index (χ0v) is 11.4. The number of primary amides is 1.